The van der Waals surface area contributed by atoms with E-state index in [1.807, 2.05) is 12.1 Å². The topological polar surface area (TPSA) is 20.2 Å². The van der Waals surface area contributed by atoms with Crippen molar-refractivity contribution in [3.63, 3.8) is 0 Å². The third-order valence-electron chi connectivity index (χ3n) is 2.68. The van der Waals surface area contributed by atoms with Gasteiger partial charge in [0.15, 0.2) is 0 Å². The second-order valence-electron chi connectivity index (χ2n) is 4.79. The lowest BCUT2D eigenvalue weighted by Gasteiger charge is -2.03. The van der Waals surface area contributed by atoms with E-state index in [2.05, 4.69) is 39.0 Å². The van der Waals surface area contributed by atoms with Crippen molar-refractivity contribution >= 4 is 6.08 Å². The second kappa shape index (κ2) is 6.95. The van der Waals surface area contributed by atoms with Crippen molar-refractivity contribution in [2.45, 2.75) is 33.6 Å². The number of benzene rings is 1. The molecule has 1 rings (SSSR count). The molecule has 0 aliphatic heterocycles. The number of hydrogen-bond donors (Lipinski definition) is 1. The van der Waals surface area contributed by atoms with Gasteiger partial charge in [0.05, 0.1) is 0 Å². The maximum absolute atomic E-state index is 9.17. The zero-order chi connectivity index (χ0) is 12.7. The van der Waals surface area contributed by atoms with Crippen LogP contribution < -0.4 is 0 Å². The first-order valence-corrected chi connectivity index (χ1v) is 6.18. The largest absolute Gasteiger partial charge is 0.508 e. The van der Waals surface area contributed by atoms with E-state index >= 15 is 0 Å². The first-order chi connectivity index (χ1) is 8.08. The van der Waals surface area contributed by atoms with Gasteiger partial charge in [0.25, 0.3) is 0 Å². The highest BCUT2D eigenvalue weighted by Crippen LogP contribution is 2.14. The summed E-state index contributed by atoms with van der Waals surface area (Å²) in [7, 11) is 0. The summed E-state index contributed by atoms with van der Waals surface area (Å²) in [5.74, 6) is 0.901. The lowest BCUT2D eigenvalue weighted by molar-refractivity contribution is 0.475. The van der Waals surface area contributed by atoms with E-state index in [0.717, 1.165) is 12.0 Å². The highest BCUT2D eigenvalue weighted by atomic mass is 16.3. The average Bonchev–Trinajstić information content (AvgIpc) is 2.28. The monoisotopic (exact) mass is 230 g/mol. The van der Waals surface area contributed by atoms with E-state index < -0.39 is 0 Å². The summed E-state index contributed by atoms with van der Waals surface area (Å²) in [6.45, 7) is 6.50. The van der Waals surface area contributed by atoms with Crippen molar-refractivity contribution in [1.29, 1.82) is 0 Å². The van der Waals surface area contributed by atoms with Crippen LogP contribution in [0.15, 0.2) is 42.0 Å². The Morgan fingerprint density at radius 3 is 2.47 bits per heavy atom. The molecule has 0 fully saturated rings. The van der Waals surface area contributed by atoms with Crippen LogP contribution in [0.25, 0.3) is 6.08 Å². The summed E-state index contributed by atoms with van der Waals surface area (Å²) in [5.41, 5.74) is 2.52. The normalized spacial score (nSPS) is 12.6. The minimum absolute atomic E-state index is 0.318. The second-order valence-corrected chi connectivity index (χ2v) is 4.79. The number of phenolic OH excluding ortho intramolecular Hbond substituents is 1. The SMILES string of the molecule is CC(C)=CCC[C@H](C)/C=C/c1ccc(O)cc1. The minimum Gasteiger partial charge on any atom is -0.508 e. The van der Waals surface area contributed by atoms with Gasteiger partial charge >= 0.3 is 0 Å². The Labute approximate surface area is 104 Å². The fraction of sp³-hybridized carbons (Fsp3) is 0.375. The molecule has 0 saturated carbocycles. The standard InChI is InChI=1S/C16H22O/c1-13(2)5-4-6-14(3)7-8-15-9-11-16(17)12-10-15/h5,7-12,14,17H,4,6H2,1-3H3/b8-7+/t14-/m0/s1. The summed E-state index contributed by atoms with van der Waals surface area (Å²) in [5, 5.41) is 9.17. The Hall–Kier alpha value is -1.50. The maximum atomic E-state index is 9.17. The summed E-state index contributed by atoms with van der Waals surface area (Å²) in [6, 6.07) is 7.28. The molecule has 0 aliphatic carbocycles. The van der Waals surface area contributed by atoms with Gasteiger partial charge in [-0.3, -0.25) is 0 Å². The van der Waals surface area contributed by atoms with Crippen LogP contribution >= 0.6 is 0 Å². The van der Waals surface area contributed by atoms with Crippen molar-refractivity contribution < 1.29 is 5.11 Å². The lowest BCUT2D eigenvalue weighted by atomic mass is 10.0. The van der Waals surface area contributed by atoms with Crippen LogP contribution in [0.2, 0.25) is 0 Å². The van der Waals surface area contributed by atoms with Crippen LogP contribution in [0.4, 0.5) is 0 Å². The fourth-order valence-corrected chi connectivity index (χ4v) is 1.59. The smallest absolute Gasteiger partial charge is 0.115 e. The Bertz CT molecular complexity index is 380. The van der Waals surface area contributed by atoms with Crippen LogP contribution in [0.5, 0.6) is 5.75 Å². The van der Waals surface area contributed by atoms with E-state index in [1.165, 1.54) is 12.0 Å². The number of aromatic hydroxyl groups is 1. The number of rotatable bonds is 5. The van der Waals surface area contributed by atoms with E-state index in [-0.39, 0.29) is 0 Å². The first-order valence-electron chi connectivity index (χ1n) is 6.18. The molecule has 0 heterocycles. The van der Waals surface area contributed by atoms with E-state index in [4.69, 9.17) is 0 Å². The Morgan fingerprint density at radius 2 is 1.88 bits per heavy atom. The van der Waals surface area contributed by atoms with Gasteiger partial charge in [-0.1, -0.05) is 42.9 Å². The van der Waals surface area contributed by atoms with Gasteiger partial charge in [-0.2, -0.15) is 0 Å². The molecular weight excluding hydrogens is 208 g/mol. The molecular formula is C16H22O. The maximum Gasteiger partial charge on any atom is 0.115 e. The van der Waals surface area contributed by atoms with Crippen molar-refractivity contribution in [3.8, 4) is 5.75 Å². The van der Waals surface area contributed by atoms with Crippen molar-refractivity contribution in [2.75, 3.05) is 0 Å². The molecule has 0 radical (unpaired) electrons. The molecule has 0 spiro atoms. The van der Waals surface area contributed by atoms with Crippen LogP contribution in [-0.4, -0.2) is 5.11 Å². The Balaban J connectivity index is 2.42. The molecule has 0 amide bonds. The molecule has 0 aliphatic rings. The van der Waals surface area contributed by atoms with Gasteiger partial charge in [0.1, 0.15) is 5.75 Å². The molecule has 1 aromatic rings. The molecule has 1 heteroatoms. The van der Waals surface area contributed by atoms with Gasteiger partial charge in [-0.25, -0.2) is 0 Å². The molecule has 0 unspecified atom stereocenters. The minimum atomic E-state index is 0.318. The highest BCUT2D eigenvalue weighted by molar-refractivity contribution is 5.50. The third-order valence-corrected chi connectivity index (χ3v) is 2.68. The lowest BCUT2D eigenvalue weighted by Crippen LogP contribution is -1.88. The van der Waals surface area contributed by atoms with Crippen molar-refractivity contribution in [3.05, 3.63) is 47.6 Å². The zero-order valence-corrected chi connectivity index (χ0v) is 11.0. The van der Waals surface area contributed by atoms with Gasteiger partial charge in [0.2, 0.25) is 0 Å². The molecule has 1 atom stereocenters. The van der Waals surface area contributed by atoms with Gasteiger partial charge in [-0.15, -0.1) is 0 Å². The van der Waals surface area contributed by atoms with Crippen LogP contribution in [-0.2, 0) is 0 Å². The quantitative estimate of drug-likeness (QED) is 0.721. The summed E-state index contributed by atoms with van der Waals surface area (Å²) < 4.78 is 0. The fourth-order valence-electron chi connectivity index (χ4n) is 1.59. The molecule has 0 bridgehead atoms. The highest BCUT2D eigenvalue weighted by Gasteiger charge is 1.95. The summed E-state index contributed by atoms with van der Waals surface area (Å²) in [6.07, 6.45) is 8.95. The Morgan fingerprint density at radius 1 is 1.24 bits per heavy atom. The predicted octanol–water partition coefficient (Wildman–Crippen LogP) is 4.79. The molecule has 1 N–H and O–H groups in total. The van der Waals surface area contributed by atoms with Crippen LogP contribution in [0.1, 0.15) is 39.2 Å². The summed E-state index contributed by atoms with van der Waals surface area (Å²) in [4.78, 5) is 0. The van der Waals surface area contributed by atoms with Crippen LogP contribution in [0, 0.1) is 5.92 Å². The molecule has 92 valence electrons. The van der Waals surface area contributed by atoms with Gasteiger partial charge in [0, 0.05) is 0 Å². The van der Waals surface area contributed by atoms with Gasteiger partial charge < -0.3 is 5.11 Å². The Kier molecular flexibility index (Phi) is 5.55. The first kappa shape index (κ1) is 13.6. The molecule has 1 nitrogen and oxygen atoms in total. The van der Waals surface area contributed by atoms with Crippen molar-refractivity contribution in [1.82, 2.24) is 0 Å². The zero-order valence-electron chi connectivity index (χ0n) is 11.0. The number of phenols is 1. The predicted molar refractivity (Wildman–Crippen MR) is 75.0 cm³/mol. The molecule has 0 saturated heterocycles. The number of hydrogen-bond acceptors (Lipinski definition) is 1. The van der Waals surface area contributed by atoms with Crippen molar-refractivity contribution in [2.24, 2.45) is 5.92 Å². The van der Waals surface area contributed by atoms with E-state index in [1.54, 1.807) is 12.1 Å². The average molecular weight is 230 g/mol. The molecule has 1 aromatic carbocycles. The third kappa shape index (κ3) is 5.96. The number of allylic oxidation sites excluding steroid dienone is 3. The summed E-state index contributed by atoms with van der Waals surface area (Å²) >= 11 is 0. The van der Waals surface area contributed by atoms with Crippen LogP contribution in [0.3, 0.4) is 0 Å². The molecule has 17 heavy (non-hydrogen) atoms. The molecule has 0 aromatic heterocycles. The van der Waals surface area contributed by atoms with E-state index in [9.17, 15) is 5.11 Å². The van der Waals surface area contributed by atoms with E-state index in [0.29, 0.717) is 11.7 Å². The van der Waals surface area contributed by atoms with Gasteiger partial charge in [-0.05, 0) is 50.3 Å².